The lowest BCUT2D eigenvalue weighted by atomic mass is 9.98. The summed E-state index contributed by atoms with van der Waals surface area (Å²) in [5.41, 5.74) is -1.76. The molecule has 2 atom stereocenters. The van der Waals surface area contributed by atoms with Crippen LogP contribution >= 0.6 is 0 Å². The first-order valence-corrected chi connectivity index (χ1v) is 4.66. The SMILES string of the molecule is O=C(O)C1(O)CC2CC(F)(F)CC2C1. The van der Waals surface area contributed by atoms with Gasteiger partial charge in [-0.25, -0.2) is 13.6 Å². The molecule has 0 amide bonds. The summed E-state index contributed by atoms with van der Waals surface area (Å²) in [5.74, 6) is -4.60. The fraction of sp³-hybridized carbons (Fsp3) is 0.889. The molecule has 0 aromatic heterocycles. The maximum atomic E-state index is 12.9. The standard InChI is InChI=1S/C9H12F2O3/c10-9(11)3-5-1-8(14,7(12)13)2-6(5)4-9/h5-6,14H,1-4H2,(H,12,13). The molecule has 0 bridgehead atoms. The van der Waals surface area contributed by atoms with Gasteiger partial charge in [-0.1, -0.05) is 0 Å². The lowest BCUT2D eigenvalue weighted by molar-refractivity contribution is -0.159. The second-order valence-electron chi connectivity index (χ2n) is 4.53. The summed E-state index contributed by atoms with van der Waals surface area (Å²) in [6.07, 6.45) is -0.592. The molecular formula is C9H12F2O3. The monoisotopic (exact) mass is 206 g/mol. The lowest BCUT2D eigenvalue weighted by Crippen LogP contribution is -2.36. The van der Waals surface area contributed by atoms with E-state index in [2.05, 4.69) is 0 Å². The van der Waals surface area contributed by atoms with Crippen molar-refractivity contribution in [2.75, 3.05) is 0 Å². The predicted molar refractivity (Wildman–Crippen MR) is 43.0 cm³/mol. The number of fused-ring (bicyclic) bond motifs is 1. The third kappa shape index (κ3) is 1.39. The molecule has 0 aromatic rings. The average Bonchev–Trinajstić information content (AvgIpc) is 2.37. The molecule has 2 rings (SSSR count). The molecule has 2 aliphatic carbocycles. The van der Waals surface area contributed by atoms with Crippen LogP contribution in [0.2, 0.25) is 0 Å². The van der Waals surface area contributed by atoms with Crippen molar-refractivity contribution in [3.05, 3.63) is 0 Å². The van der Waals surface area contributed by atoms with Crippen LogP contribution in [0.25, 0.3) is 0 Å². The van der Waals surface area contributed by atoms with Crippen LogP contribution in [0.5, 0.6) is 0 Å². The maximum Gasteiger partial charge on any atom is 0.335 e. The molecular weight excluding hydrogens is 194 g/mol. The van der Waals surface area contributed by atoms with E-state index in [1.165, 1.54) is 0 Å². The average molecular weight is 206 g/mol. The van der Waals surface area contributed by atoms with Gasteiger partial charge in [0.25, 0.3) is 0 Å². The van der Waals surface area contributed by atoms with Gasteiger partial charge in [0.2, 0.25) is 5.92 Å². The molecule has 0 aromatic carbocycles. The van der Waals surface area contributed by atoms with Crippen molar-refractivity contribution >= 4 is 5.97 Å². The summed E-state index contributed by atoms with van der Waals surface area (Å²) in [5, 5.41) is 18.3. The third-order valence-corrected chi connectivity index (χ3v) is 3.39. The minimum atomic E-state index is -2.66. The Labute approximate surface area is 79.7 Å². The maximum absolute atomic E-state index is 12.9. The number of carboxylic acid groups (broad SMARTS) is 1. The largest absolute Gasteiger partial charge is 0.479 e. The summed E-state index contributed by atoms with van der Waals surface area (Å²) < 4.78 is 25.8. The van der Waals surface area contributed by atoms with Crippen LogP contribution in [0, 0.1) is 11.8 Å². The number of hydrogen-bond donors (Lipinski definition) is 2. The Kier molecular flexibility index (Phi) is 1.86. The molecule has 14 heavy (non-hydrogen) atoms. The van der Waals surface area contributed by atoms with Crippen LogP contribution in [0.1, 0.15) is 25.7 Å². The molecule has 0 heterocycles. The number of rotatable bonds is 1. The van der Waals surface area contributed by atoms with Crippen molar-refractivity contribution in [1.29, 1.82) is 0 Å². The van der Waals surface area contributed by atoms with Gasteiger partial charge in [-0.2, -0.15) is 0 Å². The van der Waals surface area contributed by atoms with E-state index in [1.54, 1.807) is 0 Å². The van der Waals surface area contributed by atoms with E-state index in [0.717, 1.165) is 0 Å². The summed E-state index contributed by atoms with van der Waals surface area (Å²) in [4.78, 5) is 10.7. The van der Waals surface area contributed by atoms with E-state index < -0.39 is 17.5 Å². The highest BCUT2D eigenvalue weighted by atomic mass is 19.3. The van der Waals surface area contributed by atoms with E-state index >= 15 is 0 Å². The molecule has 5 heteroatoms. The Balaban J connectivity index is 2.10. The number of aliphatic carboxylic acids is 1. The highest BCUT2D eigenvalue weighted by Crippen LogP contribution is 2.54. The predicted octanol–water partition coefficient (Wildman–Crippen LogP) is 1.26. The fourth-order valence-corrected chi connectivity index (χ4v) is 2.79. The molecule has 2 N–H and O–H groups in total. The van der Waals surface area contributed by atoms with Gasteiger partial charge < -0.3 is 10.2 Å². The Morgan fingerprint density at radius 1 is 1.14 bits per heavy atom. The first kappa shape index (κ1) is 9.83. The molecule has 2 fully saturated rings. The van der Waals surface area contributed by atoms with Gasteiger partial charge in [-0.15, -0.1) is 0 Å². The highest BCUT2D eigenvalue weighted by molar-refractivity contribution is 5.77. The van der Waals surface area contributed by atoms with Gasteiger partial charge >= 0.3 is 5.97 Å². The van der Waals surface area contributed by atoms with Crippen molar-refractivity contribution in [3.8, 4) is 0 Å². The molecule has 0 aliphatic heterocycles. The molecule has 0 spiro atoms. The van der Waals surface area contributed by atoms with Crippen molar-refractivity contribution in [1.82, 2.24) is 0 Å². The Morgan fingerprint density at radius 3 is 1.93 bits per heavy atom. The van der Waals surface area contributed by atoms with E-state index in [9.17, 15) is 18.7 Å². The lowest BCUT2D eigenvalue weighted by Gasteiger charge is -2.19. The van der Waals surface area contributed by atoms with E-state index in [0.29, 0.717) is 0 Å². The third-order valence-electron chi connectivity index (χ3n) is 3.39. The topological polar surface area (TPSA) is 57.5 Å². The van der Waals surface area contributed by atoms with Gasteiger partial charge in [0.1, 0.15) is 0 Å². The summed E-state index contributed by atoms with van der Waals surface area (Å²) in [6, 6.07) is 0. The number of carboxylic acids is 1. The van der Waals surface area contributed by atoms with Crippen LogP contribution in [0.4, 0.5) is 8.78 Å². The van der Waals surface area contributed by atoms with Gasteiger partial charge in [0.05, 0.1) is 0 Å². The minimum absolute atomic E-state index is 0.0252. The van der Waals surface area contributed by atoms with Gasteiger partial charge in [0.15, 0.2) is 5.60 Å². The van der Waals surface area contributed by atoms with Crippen molar-refractivity contribution in [2.45, 2.75) is 37.2 Å². The highest BCUT2D eigenvalue weighted by Gasteiger charge is 2.57. The zero-order chi connectivity index (χ0) is 10.6. The molecule has 80 valence electrons. The number of halogens is 2. The second-order valence-corrected chi connectivity index (χ2v) is 4.53. The summed E-state index contributed by atoms with van der Waals surface area (Å²) in [6.45, 7) is 0. The first-order chi connectivity index (χ1) is 6.32. The number of carbonyl (C=O) groups is 1. The summed E-state index contributed by atoms with van der Waals surface area (Å²) >= 11 is 0. The van der Waals surface area contributed by atoms with Crippen LogP contribution < -0.4 is 0 Å². The van der Waals surface area contributed by atoms with Crippen molar-refractivity contribution in [3.63, 3.8) is 0 Å². The zero-order valence-electron chi connectivity index (χ0n) is 7.54. The normalized spacial score (nSPS) is 45.1. The molecule has 0 saturated heterocycles. The Morgan fingerprint density at radius 2 is 1.57 bits per heavy atom. The number of hydrogen-bond acceptors (Lipinski definition) is 2. The first-order valence-electron chi connectivity index (χ1n) is 4.66. The quantitative estimate of drug-likeness (QED) is 0.679. The van der Waals surface area contributed by atoms with Gasteiger partial charge in [-0.05, 0) is 24.7 Å². The molecule has 2 aliphatic rings. The van der Waals surface area contributed by atoms with Gasteiger partial charge in [-0.3, -0.25) is 0 Å². The van der Waals surface area contributed by atoms with E-state index in [1.807, 2.05) is 0 Å². The number of alkyl halides is 2. The summed E-state index contributed by atoms with van der Waals surface area (Å²) in [7, 11) is 0. The van der Waals surface area contributed by atoms with Crippen LogP contribution in [-0.2, 0) is 4.79 Å². The fourth-order valence-electron chi connectivity index (χ4n) is 2.79. The number of aliphatic hydroxyl groups is 1. The Bertz CT molecular complexity index is 261. The van der Waals surface area contributed by atoms with Crippen LogP contribution in [-0.4, -0.2) is 27.7 Å². The molecule has 0 radical (unpaired) electrons. The Hall–Kier alpha value is -0.710. The molecule has 3 nitrogen and oxygen atoms in total. The molecule has 2 saturated carbocycles. The molecule has 2 unspecified atom stereocenters. The van der Waals surface area contributed by atoms with E-state index in [4.69, 9.17) is 5.11 Å². The van der Waals surface area contributed by atoms with Crippen LogP contribution in [0.15, 0.2) is 0 Å². The van der Waals surface area contributed by atoms with Crippen molar-refractivity contribution in [2.24, 2.45) is 11.8 Å². The van der Waals surface area contributed by atoms with E-state index in [-0.39, 0.29) is 37.5 Å². The van der Waals surface area contributed by atoms with Gasteiger partial charge in [0, 0.05) is 12.8 Å². The smallest absolute Gasteiger partial charge is 0.335 e. The minimum Gasteiger partial charge on any atom is -0.479 e. The second kappa shape index (κ2) is 2.66. The van der Waals surface area contributed by atoms with Crippen molar-refractivity contribution < 1.29 is 23.8 Å². The van der Waals surface area contributed by atoms with Crippen LogP contribution in [0.3, 0.4) is 0 Å². The zero-order valence-corrected chi connectivity index (χ0v) is 7.54.